The summed E-state index contributed by atoms with van der Waals surface area (Å²) < 4.78 is 18.8. The maximum absolute atomic E-state index is 12.7. The molecule has 10 heteroatoms. The van der Waals surface area contributed by atoms with Crippen molar-refractivity contribution in [2.75, 3.05) is 26.1 Å². The fourth-order valence-corrected chi connectivity index (χ4v) is 3.17. The molecule has 1 aliphatic carbocycles. The molecule has 1 aliphatic rings. The highest BCUT2D eigenvalue weighted by Gasteiger charge is 2.31. The molecule has 2 amide bonds. The van der Waals surface area contributed by atoms with Gasteiger partial charge in [0.05, 0.1) is 27.0 Å². The van der Waals surface area contributed by atoms with E-state index in [-0.39, 0.29) is 24.8 Å². The monoisotopic (exact) mass is 413 g/mol. The fourth-order valence-electron chi connectivity index (χ4n) is 3.17. The first-order valence-corrected chi connectivity index (χ1v) is 9.61. The molecule has 1 aromatic carbocycles. The standard InChI is InChI=1S/C20H23N5O5/c1-28-15-8-5-13(12-17(15)29-2)22-19(26)21-9-10-24-20(27)25(14-6-7-14)18(23-24)16-4-3-11-30-16/h3-5,8,11-12,14H,6-7,9-10H2,1-2H3,(H2,21,22,26). The lowest BCUT2D eigenvalue weighted by Gasteiger charge is -2.11. The summed E-state index contributed by atoms with van der Waals surface area (Å²) in [7, 11) is 3.07. The second-order valence-electron chi connectivity index (χ2n) is 6.86. The van der Waals surface area contributed by atoms with E-state index >= 15 is 0 Å². The summed E-state index contributed by atoms with van der Waals surface area (Å²) >= 11 is 0. The van der Waals surface area contributed by atoms with Gasteiger partial charge in [0.1, 0.15) is 0 Å². The first kappa shape index (κ1) is 19.6. The van der Waals surface area contributed by atoms with Gasteiger partial charge in [0.2, 0.25) is 5.82 Å². The van der Waals surface area contributed by atoms with Crippen LogP contribution in [0.15, 0.2) is 45.8 Å². The third-order valence-corrected chi connectivity index (χ3v) is 4.77. The zero-order chi connectivity index (χ0) is 21.1. The largest absolute Gasteiger partial charge is 0.493 e. The molecule has 4 rings (SSSR count). The van der Waals surface area contributed by atoms with E-state index in [1.54, 1.807) is 48.3 Å². The number of nitrogens with one attached hydrogen (secondary N) is 2. The Kier molecular flexibility index (Phi) is 5.46. The Morgan fingerprint density at radius 2 is 2.03 bits per heavy atom. The normalized spacial score (nSPS) is 13.1. The minimum atomic E-state index is -0.400. The van der Waals surface area contributed by atoms with Crippen molar-refractivity contribution in [3.63, 3.8) is 0 Å². The van der Waals surface area contributed by atoms with Crippen molar-refractivity contribution in [3.8, 4) is 23.1 Å². The highest BCUT2D eigenvalue weighted by Crippen LogP contribution is 2.36. The van der Waals surface area contributed by atoms with Gasteiger partial charge < -0.3 is 24.5 Å². The number of aromatic nitrogens is 3. The van der Waals surface area contributed by atoms with E-state index in [1.165, 1.54) is 11.8 Å². The zero-order valence-electron chi connectivity index (χ0n) is 16.8. The predicted octanol–water partition coefficient (Wildman–Crippen LogP) is 2.48. The van der Waals surface area contributed by atoms with Gasteiger partial charge in [0, 0.05) is 24.3 Å². The van der Waals surface area contributed by atoms with Gasteiger partial charge in [-0.3, -0.25) is 4.57 Å². The number of methoxy groups -OCH3 is 2. The molecule has 0 saturated heterocycles. The molecule has 0 spiro atoms. The lowest BCUT2D eigenvalue weighted by molar-refractivity contribution is 0.251. The van der Waals surface area contributed by atoms with Crippen LogP contribution in [0.3, 0.4) is 0 Å². The van der Waals surface area contributed by atoms with Crippen molar-refractivity contribution in [1.29, 1.82) is 0 Å². The molecule has 30 heavy (non-hydrogen) atoms. The molecule has 1 fully saturated rings. The number of hydrogen-bond donors (Lipinski definition) is 2. The van der Waals surface area contributed by atoms with E-state index in [0.29, 0.717) is 28.8 Å². The Morgan fingerprint density at radius 3 is 2.70 bits per heavy atom. The third-order valence-electron chi connectivity index (χ3n) is 4.77. The Bertz CT molecular complexity index is 1080. The highest BCUT2D eigenvalue weighted by molar-refractivity contribution is 5.89. The number of carbonyl (C=O) groups excluding carboxylic acids is 1. The maximum Gasteiger partial charge on any atom is 0.346 e. The van der Waals surface area contributed by atoms with Crippen molar-refractivity contribution in [2.45, 2.75) is 25.4 Å². The summed E-state index contributed by atoms with van der Waals surface area (Å²) in [5.41, 5.74) is 0.353. The van der Waals surface area contributed by atoms with Gasteiger partial charge >= 0.3 is 11.7 Å². The summed E-state index contributed by atoms with van der Waals surface area (Å²) in [6.45, 7) is 0.476. The van der Waals surface area contributed by atoms with Crippen molar-refractivity contribution < 1.29 is 18.7 Å². The molecule has 2 heterocycles. The number of nitrogens with zero attached hydrogens (tertiary/aromatic N) is 3. The molecule has 0 radical (unpaired) electrons. The molecule has 0 aliphatic heterocycles. The van der Waals surface area contributed by atoms with E-state index < -0.39 is 6.03 Å². The summed E-state index contributed by atoms with van der Waals surface area (Å²) in [5.74, 6) is 2.15. The predicted molar refractivity (Wildman–Crippen MR) is 109 cm³/mol. The van der Waals surface area contributed by atoms with Gasteiger partial charge in [-0.2, -0.15) is 0 Å². The van der Waals surface area contributed by atoms with Gasteiger partial charge in [-0.1, -0.05) is 0 Å². The van der Waals surface area contributed by atoms with Crippen LogP contribution in [0.25, 0.3) is 11.6 Å². The van der Waals surface area contributed by atoms with Crippen molar-refractivity contribution in [2.24, 2.45) is 0 Å². The van der Waals surface area contributed by atoms with E-state index in [2.05, 4.69) is 15.7 Å². The van der Waals surface area contributed by atoms with Crippen LogP contribution in [0.1, 0.15) is 18.9 Å². The van der Waals surface area contributed by atoms with Crippen LogP contribution in [-0.4, -0.2) is 41.1 Å². The molecular formula is C20H23N5O5. The first-order chi connectivity index (χ1) is 14.6. The molecule has 0 bridgehead atoms. The van der Waals surface area contributed by atoms with Crippen LogP contribution in [0.5, 0.6) is 11.5 Å². The second kappa shape index (κ2) is 8.36. The second-order valence-corrected chi connectivity index (χ2v) is 6.86. The van der Waals surface area contributed by atoms with Gasteiger partial charge in [0.15, 0.2) is 17.3 Å². The molecule has 3 aromatic rings. The Morgan fingerprint density at radius 1 is 1.23 bits per heavy atom. The topological polar surface area (TPSA) is 113 Å². The number of carbonyl (C=O) groups is 1. The van der Waals surface area contributed by atoms with Crippen molar-refractivity contribution in [3.05, 3.63) is 47.1 Å². The van der Waals surface area contributed by atoms with Gasteiger partial charge in [-0.25, -0.2) is 14.3 Å². The lowest BCUT2D eigenvalue weighted by Crippen LogP contribution is -2.34. The quantitative estimate of drug-likeness (QED) is 0.587. The van der Waals surface area contributed by atoms with Gasteiger partial charge in [0.25, 0.3) is 0 Å². The number of ether oxygens (including phenoxy) is 2. The maximum atomic E-state index is 12.7. The van der Waals surface area contributed by atoms with Crippen LogP contribution in [0.4, 0.5) is 10.5 Å². The average Bonchev–Trinajstić information content (AvgIpc) is 3.32. The van der Waals surface area contributed by atoms with Crippen molar-refractivity contribution in [1.82, 2.24) is 19.7 Å². The molecular weight excluding hydrogens is 390 g/mol. The number of furan rings is 1. The minimum Gasteiger partial charge on any atom is -0.493 e. The molecule has 158 valence electrons. The van der Waals surface area contributed by atoms with E-state index in [4.69, 9.17) is 13.9 Å². The highest BCUT2D eigenvalue weighted by atomic mass is 16.5. The smallest absolute Gasteiger partial charge is 0.346 e. The summed E-state index contributed by atoms with van der Waals surface area (Å²) in [4.78, 5) is 24.9. The van der Waals surface area contributed by atoms with E-state index in [9.17, 15) is 9.59 Å². The molecule has 2 aromatic heterocycles. The molecule has 1 saturated carbocycles. The summed E-state index contributed by atoms with van der Waals surface area (Å²) in [6, 6.07) is 8.37. The van der Waals surface area contributed by atoms with Crippen LogP contribution >= 0.6 is 0 Å². The Hall–Kier alpha value is -3.69. The number of hydrogen-bond acceptors (Lipinski definition) is 6. The zero-order valence-corrected chi connectivity index (χ0v) is 16.8. The van der Waals surface area contributed by atoms with E-state index in [0.717, 1.165) is 12.8 Å². The minimum absolute atomic E-state index is 0.160. The summed E-state index contributed by atoms with van der Waals surface area (Å²) in [6.07, 6.45) is 3.45. The number of anilines is 1. The SMILES string of the molecule is COc1ccc(NC(=O)NCCn2nc(-c3ccco3)n(C3CC3)c2=O)cc1OC. The van der Waals surface area contributed by atoms with Crippen LogP contribution in [-0.2, 0) is 6.54 Å². The lowest BCUT2D eigenvalue weighted by atomic mass is 10.3. The van der Waals surface area contributed by atoms with Gasteiger partial charge in [-0.15, -0.1) is 5.10 Å². The van der Waals surface area contributed by atoms with E-state index in [1.807, 2.05) is 0 Å². The summed E-state index contributed by atoms with van der Waals surface area (Å²) in [5, 5.41) is 9.86. The number of urea groups is 1. The molecule has 10 nitrogen and oxygen atoms in total. The molecule has 0 atom stereocenters. The van der Waals surface area contributed by atoms with Gasteiger partial charge in [-0.05, 0) is 37.1 Å². The Labute approximate surface area is 172 Å². The fraction of sp³-hybridized carbons (Fsp3) is 0.350. The van der Waals surface area contributed by atoms with Crippen molar-refractivity contribution >= 4 is 11.7 Å². The molecule has 0 unspecified atom stereocenters. The number of amides is 2. The Balaban J connectivity index is 1.38. The first-order valence-electron chi connectivity index (χ1n) is 9.61. The third kappa shape index (κ3) is 4.02. The molecule has 2 N–H and O–H groups in total. The number of rotatable bonds is 8. The average molecular weight is 413 g/mol. The van der Waals surface area contributed by atoms with Crippen LogP contribution in [0, 0.1) is 0 Å². The number of benzene rings is 1. The van der Waals surface area contributed by atoms with Crippen LogP contribution < -0.4 is 25.8 Å². The van der Waals surface area contributed by atoms with Crippen LogP contribution in [0.2, 0.25) is 0 Å².